The molecule has 0 bridgehead atoms. The molecule has 1 saturated heterocycles. The van der Waals surface area contributed by atoms with Crippen molar-refractivity contribution in [3.05, 3.63) is 36.2 Å². The van der Waals surface area contributed by atoms with Crippen LogP contribution in [0.25, 0.3) is 0 Å². The Morgan fingerprint density at radius 1 is 1.22 bits per heavy atom. The highest BCUT2D eigenvalue weighted by atomic mass is 32.2. The van der Waals surface area contributed by atoms with Gasteiger partial charge < -0.3 is 19.7 Å². The van der Waals surface area contributed by atoms with Gasteiger partial charge in [-0.1, -0.05) is 19.9 Å². The second-order valence-corrected chi connectivity index (χ2v) is 12.4. The number of sulfone groups is 1. The van der Waals surface area contributed by atoms with Crippen LogP contribution in [0, 0.1) is 5.92 Å². The van der Waals surface area contributed by atoms with Crippen molar-refractivity contribution in [3.63, 3.8) is 0 Å². The molecule has 0 amide bonds. The Morgan fingerprint density at radius 2 is 1.89 bits per heavy atom. The lowest BCUT2D eigenvalue weighted by Crippen LogP contribution is -2.42. The molecule has 196 valence electrons. The van der Waals surface area contributed by atoms with Crippen molar-refractivity contribution < 1.29 is 22.7 Å². The zero-order chi connectivity index (χ0) is 25.9. The molecule has 0 spiro atoms. The summed E-state index contributed by atoms with van der Waals surface area (Å²) in [5.41, 5.74) is 2.66. The van der Waals surface area contributed by atoms with Crippen molar-refractivity contribution in [2.75, 3.05) is 49.1 Å². The Morgan fingerprint density at radius 3 is 2.44 bits per heavy atom. The molecule has 2 aromatic rings. The molecular formula is C26H36N4O5S. The standard InChI is InChI=1S/C26H36N4O5S/c1-18(2)16-30(21-7-11-35-12-8-21)23-6-5-19(26(9-10-26)24(31)17-36(4,32)33)13-22(23)29-20-14-27-25(34-3)28-15-20/h5-6,13-15,18,21,29H,7-12,16-17H2,1-4H3. The number of benzene rings is 1. The highest BCUT2D eigenvalue weighted by Crippen LogP contribution is 2.51. The van der Waals surface area contributed by atoms with Gasteiger partial charge in [-0.3, -0.25) is 4.79 Å². The minimum atomic E-state index is -3.40. The first-order valence-corrected chi connectivity index (χ1v) is 14.5. The van der Waals surface area contributed by atoms with Crippen molar-refractivity contribution in [2.45, 2.75) is 51.0 Å². The summed E-state index contributed by atoms with van der Waals surface area (Å²) in [6.45, 7) is 6.74. The molecule has 2 aliphatic rings. The van der Waals surface area contributed by atoms with Gasteiger partial charge in [0.1, 0.15) is 5.75 Å². The fourth-order valence-electron chi connectivity index (χ4n) is 4.89. The van der Waals surface area contributed by atoms with Gasteiger partial charge in [0, 0.05) is 32.1 Å². The Hall–Kier alpha value is -2.72. The van der Waals surface area contributed by atoms with E-state index in [1.807, 2.05) is 12.1 Å². The zero-order valence-electron chi connectivity index (χ0n) is 21.5. The summed E-state index contributed by atoms with van der Waals surface area (Å²) in [7, 11) is -1.88. The SMILES string of the molecule is COc1ncc(Nc2cc(C3(C(=O)CS(C)(=O)=O)CC3)ccc2N(CC(C)C)C2CCOCC2)cn1. The minimum absolute atomic E-state index is 0.236. The number of hydrogen-bond acceptors (Lipinski definition) is 9. The van der Waals surface area contributed by atoms with E-state index < -0.39 is 21.0 Å². The number of hydrogen-bond donors (Lipinski definition) is 1. The third-order valence-electron chi connectivity index (χ3n) is 6.82. The summed E-state index contributed by atoms with van der Waals surface area (Å²) in [5.74, 6) is -0.235. The van der Waals surface area contributed by atoms with Gasteiger partial charge in [-0.25, -0.2) is 18.4 Å². The lowest BCUT2D eigenvalue weighted by atomic mass is 9.90. The summed E-state index contributed by atoms with van der Waals surface area (Å²) in [6, 6.07) is 6.67. The van der Waals surface area contributed by atoms with E-state index >= 15 is 0 Å². The van der Waals surface area contributed by atoms with E-state index in [4.69, 9.17) is 9.47 Å². The number of methoxy groups -OCH3 is 1. The van der Waals surface area contributed by atoms with Crippen LogP contribution in [0.5, 0.6) is 6.01 Å². The quantitative estimate of drug-likeness (QED) is 0.479. The lowest BCUT2D eigenvalue weighted by Gasteiger charge is -2.38. The van der Waals surface area contributed by atoms with Gasteiger partial charge in [0.15, 0.2) is 15.6 Å². The fraction of sp³-hybridized carbons (Fsp3) is 0.577. The Kier molecular flexibility index (Phi) is 7.85. The molecule has 10 heteroatoms. The van der Waals surface area contributed by atoms with E-state index in [2.05, 4.69) is 40.1 Å². The molecule has 36 heavy (non-hydrogen) atoms. The summed E-state index contributed by atoms with van der Waals surface area (Å²) < 4.78 is 34.4. The van der Waals surface area contributed by atoms with Gasteiger partial charge in [0.25, 0.3) is 0 Å². The van der Waals surface area contributed by atoms with Gasteiger partial charge in [-0.2, -0.15) is 0 Å². The van der Waals surface area contributed by atoms with Crippen LogP contribution in [0.4, 0.5) is 17.1 Å². The Bertz CT molecular complexity index is 1170. The van der Waals surface area contributed by atoms with Crippen LogP contribution in [0.3, 0.4) is 0 Å². The molecule has 1 aliphatic heterocycles. The molecule has 2 fully saturated rings. The molecule has 0 atom stereocenters. The van der Waals surface area contributed by atoms with Crippen molar-refractivity contribution in [1.82, 2.24) is 9.97 Å². The molecule has 1 N–H and O–H groups in total. The number of nitrogens with zero attached hydrogens (tertiary/aromatic N) is 3. The Labute approximate surface area is 213 Å². The van der Waals surface area contributed by atoms with E-state index in [0.29, 0.717) is 30.5 Å². The van der Waals surface area contributed by atoms with E-state index in [1.54, 1.807) is 12.4 Å². The highest BCUT2D eigenvalue weighted by molar-refractivity contribution is 7.91. The van der Waals surface area contributed by atoms with Crippen LogP contribution in [-0.2, 0) is 24.8 Å². The number of nitrogens with one attached hydrogen (secondary N) is 1. The summed E-state index contributed by atoms with van der Waals surface area (Å²) in [5, 5.41) is 3.46. The van der Waals surface area contributed by atoms with E-state index in [-0.39, 0.29) is 11.8 Å². The highest BCUT2D eigenvalue weighted by Gasteiger charge is 2.51. The average Bonchev–Trinajstić information content (AvgIpc) is 3.65. The van der Waals surface area contributed by atoms with E-state index in [0.717, 1.165) is 55.8 Å². The Balaban J connectivity index is 1.74. The summed E-state index contributed by atoms with van der Waals surface area (Å²) in [6.07, 6.45) is 7.62. The van der Waals surface area contributed by atoms with Gasteiger partial charge in [0.05, 0.1) is 42.0 Å². The smallest absolute Gasteiger partial charge is 0.316 e. The van der Waals surface area contributed by atoms with Gasteiger partial charge in [0.2, 0.25) is 0 Å². The maximum absolute atomic E-state index is 13.0. The molecule has 0 radical (unpaired) electrons. The second kappa shape index (κ2) is 10.7. The average molecular weight is 517 g/mol. The van der Waals surface area contributed by atoms with Gasteiger partial charge >= 0.3 is 6.01 Å². The zero-order valence-corrected chi connectivity index (χ0v) is 22.3. The number of carbonyl (C=O) groups is 1. The van der Waals surface area contributed by atoms with Crippen LogP contribution in [0.1, 0.15) is 45.1 Å². The van der Waals surface area contributed by atoms with Gasteiger partial charge in [-0.05, 0) is 49.3 Å². The summed E-state index contributed by atoms with van der Waals surface area (Å²) >= 11 is 0. The van der Waals surface area contributed by atoms with Crippen LogP contribution < -0.4 is 15.0 Å². The number of carbonyl (C=O) groups excluding carboxylic acids is 1. The first-order valence-electron chi connectivity index (χ1n) is 12.4. The molecule has 9 nitrogen and oxygen atoms in total. The maximum Gasteiger partial charge on any atom is 0.316 e. The molecule has 1 aliphatic carbocycles. The predicted octanol–water partition coefficient (Wildman–Crippen LogP) is 3.52. The predicted molar refractivity (Wildman–Crippen MR) is 140 cm³/mol. The number of aromatic nitrogens is 2. The molecule has 1 aromatic carbocycles. The molecular weight excluding hydrogens is 480 g/mol. The molecule has 0 unspecified atom stereocenters. The first kappa shape index (κ1) is 26.3. The monoisotopic (exact) mass is 516 g/mol. The minimum Gasteiger partial charge on any atom is -0.467 e. The van der Waals surface area contributed by atoms with E-state index in [9.17, 15) is 13.2 Å². The molecule has 4 rings (SSSR count). The number of rotatable bonds is 11. The van der Waals surface area contributed by atoms with Crippen LogP contribution >= 0.6 is 0 Å². The summed E-state index contributed by atoms with van der Waals surface area (Å²) in [4.78, 5) is 23.9. The fourth-order valence-corrected chi connectivity index (χ4v) is 5.64. The normalized spacial score (nSPS) is 17.6. The van der Waals surface area contributed by atoms with Crippen molar-refractivity contribution in [1.29, 1.82) is 0 Å². The molecule has 2 heterocycles. The van der Waals surface area contributed by atoms with E-state index in [1.165, 1.54) is 7.11 Å². The topological polar surface area (TPSA) is 111 Å². The van der Waals surface area contributed by atoms with Crippen LogP contribution in [0.2, 0.25) is 0 Å². The number of ether oxygens (including phenoxy) is 2. The van der Waals surface area contributed by atoms with Gasteiger partial charge in [-0.15, -0.1) is 0 Å². The largest absolute Gasteiger partial charge is 0.467 e. The van der Waals surface area contributed by atoms with Crippen molar-refractivity contribution in [2.24, 2.45) is 5.92 Å². The van der Waals surface area contributed by atoms with Crippen molar-refractivity contribution >= 4 is 32.7 Å². The third-order valence-corrected chi connectivity index (χ3v) is 7.61. The number of ketones is 1. The maximum atomic E-state index is 13.0. The van der Waals surface area contributed by atoms with Crippen LogP contribution in [0.15, 0.2) is 30.6 Å². The van der Waals surface area contributed by atoms with Crippen LogP contribution in [-0.4, -0.2) is 69.1 Å². The van der Waals surface area contributed by atoms with Crippen molar-refractivity contribution in [3.8, 4) is 6.01 Å². The second-order valence-electron chi connectivity index (χ2n) is 10.3. The number of Topliss-reactive ketones (excluding diaryl/α,β-unsaturated/α-hetero) is 1. The first-order chi connectivity index (χ1) is 17.1. The molecule has 1 saturated carbocycles. The molecule has 1 aromatic heterocycles. The lowest BCUT2D eigenvalue weighted by molar-refractivity contribution is -0.119. The number of anilines is 3. The third kappa shape index (κ3) is 6.15.